The van der Waals surface area contributed by atoms with Gasteiger partial charge in [-0.15, -0.1) is 0 Å². The van der Waals surface area contributed by atoms with E-state index in [1.165, 1.54) is 4.90 Å². The first-order valence-electron chi connectivity index (χ1n) is 5.57. The quantitative estimate of drug-likeness (QED) is 0.747. The second-order valence-electron chi connectivity index (χ2n) is 4.54. The number of hydrogen-bond acceptors (Lipinski definition) is 2. The summed E-state index contributed by atoms with van der Waals surface area (Å²) in [6.45, 7) is 5.56. The fourth-order valence-electron chi connectivity index (χ4n) is 1.97. The molecule has 2 atom stereocenters. The maximum Gasteiger partial charge on any atom is 0.237 e. The molecular weight excluding hydrogens is 282 g/mol. The average Bonchev–Trinajstić information content (AvgIpc) is 2.45. The van der Waals surface area contributed by atoms with Crippen LogP contribution in [-0.2, 0) is 9.59 Å². The molecule has 1 saturated heterocycles. The van der Waals surface area contributed by atoms with Crippen LogP contribution in [0.15, 0.2) is 22.7 Å². The summed E-state index contributed by atoms with van der Waals surface area (Å²) in [5.74, 6) is -0.717. The average molecular weight is 296 g/mol. The van der Waals surface area contributed by atoms with E-state index in [4.69, 9.17) is 0 Å². The first kappa shape index (κ1) is 12.3. The molecule has 1 fully saturated rings. The fraction of sp³-hybridized carbons (Fsp3) is 0.385. The number of amides is 2. The van der Waals surface area contributed by atoms with Crippen LogP contribution in [0.1, 0.15) is 19.4 Å². The SMILES string of the molecule is Cc1ccc(N2C(=O)C(C)C(C)C2=O)c(Br)c1. The lowest BCUT2D eigenvalue weighted by Crippen LogP contribution is -2.30. The molecule has 1 aromatic rings. The van der Waals surface area contributed by atoms with Crippen LogP contribution in [0.4, 0.5) is 5.69 Å². The van der Waals surface area contributed by atoms with Crippen molar-refractivity contribution >= 4 is 33.4 Å². The van der Waals surface area contributed by atoms with Crippen molar-refractivity contribution in [2.45, 2.75) is 20.8 Å². The molecule has 2 amide bonds. The molecule has 2 rings (SSSR count). The number of hydrogen-bond donors (Lipinski definition) is 0. The zero-order valence-corrected chi connectivity index (χ0v) is 11.6. The highest BCUT2D eigenvalue weighted by atomic mass is 79.9. The summed E-state index contributed by atoms with van der Waals surface area (Å²) in [7, 11) is 0. The monoisotopic (exact) mass is 295 g/mol. The Kier molecular flexibility index (Phi) is 3.08. The van der Waals surface area contributed by atoms with E-state index in [9.17, 15) is 9.59 Å². The molecular formula is C13H14BrNO2. The maximum atomic E-state index is 12.0. The lowest BCUT2D eigenvalue weighted by atomic mass is 10.00. The molecule has 1 aromatic carbocycles. The Morgan fingerprint density at radius 2 is 1.65 bits per heavy atom. The van der Waals surface area contributed by atoms with Crippen molar-refractivity contribution in [3.05, 3.63) is 28.2 Å². The van der Waals surface area contributed by atoms with Gasteiger partial charge in [-0.1, -0.05) is 19.9 Å². The molecule has 2 unspecified atom stereocenters. The Balaban J connectivity index is 2.47. The van der Waals surface area contributed by atoms with Gasteiger partial charge in [-0.3, -0.25) is 9.59 Å². The standard InChI is InChI=1S/C13H14BrNO2/c1-7-4-5-11(10(14)6-7)15-12(16)8(2)9(3)13(15)17/h4-6,8-9H,1-3H3. The molecule has 4 heteroatoms. The van der Waals surface area contributed by atoms with Gasteiger partial charge in [0.15, 0.2) is 0 Å². The van der Waals surface area contributed by atoms with E-state index in [1.54, 1.807) is 19.9 Å². The molecule has 0 saturated carbocycles. The van der Waals surface area contributed by atoms with Crippen molar-refractivity contribution in [2.24, 2.45) is 11.8 Å². The Morgan fingerprint density at radius 1 is 1.12 bits per heavy atom. The summed E-state index contributed by atoms with van der Waals surface area (Å²) in [5.41, 5.74) is 1.72. The minimum atomic E-state index is -0.240. The molecule has 1 heterocycles. The van der Waals surface area contributed by atoms with Crippen LogP contribution in [0.5, 0.6) is 0 Å². The molecule has 90 valence electrons. The number of halogens is 1. The summed E-state index contributed by atoms with van der Waals surface area (Å²) in [4.78, 5) is 25.4. The third-order valence-electron chi connectivity index (χ3n) is 3.31. The lowest BCUT2D eigenvalue weighted by molar-refractivity contribution is -0.122. The van der Waals surface area contributed by atoms with Gasteiger partial charge >= 0.3 is 0 Å². The second-order valence-corrected chi connectivity index (χ2v) is 5.40. The number of benzene rings is 1. The predicted molar refractivity (Wildman–Crippen MR) is 69.7 cm³/mol. The van der Waals surface area contributed by atoms with Crippen molar-refractivity contribution in [3.63, 3.8) is 0 Å². The Labute approximate surface area is 109 Å². The first-order chi connectivity index (χ1) is 7.93. The number of aryl methyl sites for hydroxylation is 1. The molecule has 0 aliphatic carbocycles. The van der Waals surface area contributed by atoms with Gasteiger partial charge in [-0.2, -0.15) is 0 Å². The number of carbonyl (C=O) groups is 2. The van der Waals surface area contributed by atoms with Crippen molar-refractivity contribution in [1.29, 1.82) is 0 Å². The Morgan fingerprint density at radius 3 is 2.12 bits per heavy atom. The molecule has 1 aliphatic rings. The summed E-state index contributed by atoms with van der Waals surface area (Å²) in [6, 6.07) is 5.61. The normalized spacial score (nSPS) is 24.6. The Hall–Kier alpha value is -1.16. The van der Waals surface area contributed by atoms with Crippen LogP contribution in [-0.4, -0.2) is 11.8 Å². The van der Waals surface area contributed by atoms with Crippen LogP contribution >= 0.6 is 15.9 Å². The molecule has 0 aromatic heterocycles. The van der Waals surface area contributed by atoms with Crippen molar-refractivity contribution in [2.75, 3.05) is 4.90 Å². The molecule has 1 aliphatic heterocycles. The Bertz CT molecular complexity index is 478. The van der Waals surface area contributed by atoms with E-state index in [-0.39, 0.29) is 23.7 Å². The number of carbonyl (C=O) groups excluding carboxylic acids is 2. The topological polar surface area (TPSA) is 37.4 Å². The van der Waals surface area contributed by atoms with Gasteiger partial charge in [0.1, 0.15) is 0 Å². The van der Waals surface area contributed by atoms with Crippen molar-refractivity contribution < 1.29 is 9.59 Å². The van der Waals surface area contributed by atoms with Crippen molar-refractivity contribution in [1.82, 2.24) is 0 Å². The van der Waals surface area contributed by atoms with E-state index in [0.717, 1.165) is 10.0 Å². The molecule has 3 nitrogen and oxygen atoms in total. The van der Waals surface area contributed by atoms with Gasteiger partial charge in [0.05, 0.1) is 5.69 Å². The second kappa shape index (κ2) is 4.26. The first-order valence-corrected chi connectivity index (χ1v) is 6.36. The molecule has 17 heavy (non-hydrogen) atoms. The van der Waals surface area contributed by atoms with Crippen LogP contribution in [0.2, 0.25) is 0 Å². The van der Waals surface area contributed by atoms with Crippen molar-refractivity contribution in [3.8, 4) is 0 Å². The fourth-order valence-corrected chi connectivity index (χ4v) is 2.64. The van der Waals surface area contributed by atoms with Gasteiger partial charge in [-0.05, 0) is 40.5 Å². The number of anilines is 1. The molecule has 0 spiro atoms. The largest absolute Gasteiger partial charge is 0.274 e. The van der Waals surface area contributed by atoms with Crippen LogP contribution in [0.25, 0.3) is 0 Å². The zero-order chi connectivity index (χ0) is 12.7. The number of nitrogens with zero attached hydrogens (tertiary/aromatic N) is 1. The van der Waals surface area contributed by atoms with E-state index < -0.39 is 0 Å². The smallest absolute Gasteiger partial charge is 0.237 e. The molecule has 0 radical (unpaired) electrons. The highest BCUT2D eigenvalue weighted by Gasteiger charge is 2.43. The van der Waals surface area contributed by atoms with Gasteiger partial charge in [0, 0.05) is 16.3 Å². The van der Waals surface area contributed by atoms with E-state index in [2.05, 4.69) is 15.9 Å². The third kappa shape index (κ3) is 1.90. The van der Waals surface area contributed by atoms with E-state index >= 15 is 0 Å². The maximum absolute atomic E-state index is 12.0. The van der Waals surface area contributed by atoms with E-state index in [0.29, 0.717) is 5.69 Å². The highest BCUT2D eigenvalue weighted by molar-refractivity contribution is 9.10. The lowest BCUT2D eigenvalue weighted by Gasteiger charge is -2.16. The molecule has 0 N–H and O–H groups in total. The van der Waals surface area contributed by atoms with Gasteiger partial charge in [0.25, 0.3) is 0 Å². The van der Waals surface area contributed by atoms with Gasteiger partial charge < -0.3 is 0 Å². The van der Waals surface area contributed by atoms with Crippen LogP contribution in [0.3, 0.4) is 0 Å². The van der Waals surface area contributed by atoms with Gasteiger partial charge in [-0.25, -0.2) is 4.90 Å². The zero-order valence-electron chi connectivity index (χ0n) is 10.0. The third-order valence-corrected chi connectivity index (χ3v) is 3.95. The summed E-state index contributed by atoms with van der Waals surface area (Å²) >= 11 is 3.41. The number of rotatable bonds is 1. The number of imide groups is 1. The summed E-state index contributed by atoms with van der Waals surface area (Å²) < 4.78 is 0.778. The summed E-state index contributed by atoms with van der Waals surface area (Å²) in [5, 5.41) is 0. The van der Waals surface area contributed by atoms with Gasteiger partial charge in [0.2, 0.25) is 11.8 Å². The molecule has 0 bridgehead atoms. The van der Waals surface area contributed by atoms with Crippen LogP contribution in [0, 0.1) is 18.8 Å². The highest BCUT2D eigenvalue weighted by Crippen LogP contribution is 2.35. The van der Waals surface area contributed by atoms with Crippen LogP contribution < -0.4 is 4.90 Å². The minimum Gasteiger partial charge on any atom is -0.274 e. The summed E-state index contributed by atoms with van der Waals surface area (Å²) in [6.07, 6.45) is 0. The minimum absolute atomic E-state index is 0.118. The van der Waals surface area contributed by atoms with E-state index in [1.807, 2.05) is 19.1 Å². The predicted octanol–water partition coefficient (Wildman–Crippen LogP) is 2.90.